The van der Waals surface area contributed by atoms with Gasteiger partial charge in [-0.05, 0) is 18.6 Å². The van der Waals surface area contributed by atoms with Gasteiger partial charge < -0.3 is 14.8 Å². The first kappa shape index (κ1) is 9.02. The van der Waals surface area contributed by atoms with Crippen LogP contribution in [0.2, 0.25) is 0 Å². The Bertz CT molecular complexity index is 411. The number of aliphatic hydroxyl groups excluding tert-OH is 1. The van der Waals surface area contributed by atoms with Gasteiger partial charge in [0.1, 0.15) is 5.52 Å². The fourth-order valence-corrected chi connectivity index (χ4v) is 1.28. The van der Waals surface area contributed by atoms with Crippen molar-refractivity contribution in [1.82, 2.24) is 4.98 Å². The van der Waals surface area contributed by atoms with Crippen LogP contribution in [-0.2, 0) is 0 Å². The van der Waals surface area contributed by atoms with E-state index in [2.05, 4.69) is 10.3 Å². The van der Waals surface area contributed by atoms with Gasteiger partial charge >= 0.3 is 0 Å². The minimum absolute atomic E-state index is 0.206. The molecule has 1 heterocycles. The van der Waals surface area contributed by atoms with E-state index in [1.807, 2.05) is 18.2 Å². The Morgan fingerprint density at radius 3 is 3.21 bits per heavy atom. The van der Waals surface area contributed by atoms with Gasteiger partial charge in [0.05, 0.1) is 0 Å². The summed E-state index contributed by atoms with van der Waals surface area (Å²) in [7, 11) is 0. The average molecular weight is 192 g/mol. The van der Waals surface area contributed by atoms with Crippen molar-refractivity contribution < 1.29 is 9.52 Å². The number of aliphatic hydroxyl groups is 1. The molecule has 0 saturated carbocycles. The molecule has 2 aromatic rings. The Balaban J connectivity index is 2.10. The molecule has 0 aliphatic rings. The van der Waals surface area contributed by atoms with Gasteiger partial charge in [0.15, 0.2) is 12.0 Å². The first-order valence-electron chi connectivity index (χ1n) is 4.58. The van der Waals surface area contributed by atoms with Gasteiger partial charge in [-0.1, -0.05) is 0 Å². The third-order valence-electron chi connectivity index (χ3n) is 2.00. The van der Waals surface area contributed by atoms with Crippen LogP contribution in [0.5, 0.6) is 0 Å². The number of nitrogens with zero attached hydrogens (tertiary/aromatic N) is 1. The molecule has 0 bridgehead atoms. The minimum Gasteiger partial charge on any atom is -0.443 e. The maximum absolute atomic E-state index is 8.61. The van der Waals surface area contributed by atoms with Crippen molar-refractivity contribution in [2.45, 2.75) is 6.42 Å². The standard InChI is InChI=1S/C10H12N2O2/c13-5-1-4-11-8-2-3-9-10(6-8)14-7-12-9/h2-3,6-7,11,13H,1,4-5H2. The number of anilines is 1. The third kappa shape index (κ3) is 1.85. The molecule has 0 radical (unpaired) electrons. The number of benzene rings is 1. The Kier molecular flexibility index (Phi) is 2.65. The summed E-state index contributed by atoms with van der Waals surface area (Å²) < 4.78 is 5.16. The SMILES string of the molecule is OCCCNc1ccc2ncoc2c1. The van der Waals surface area contributed by atoms with Gasteiger partial charge in [0.2, 0.25) is 0 Å². The fourth-order valence-electron chi connectivity index (χ4n) is 1.28. The molecule has 1 aromatic carbocycles. The van der Waals surface area contributed by atoms with E-state index < -0.39 is 0 Å². The molecule has 4 heteroatoms. The molecular weight excluding hydrogens is 180 g/mol. The maximum Gasteiger partial charge on any atom is 0.181 e. The first-order chi connectivity index (χ1) is 6.90. The quantitative estimate of drug-likeness (QED) is 0.723. The predicted octanol–water partition coefficient (Wildman–Crippen LogP) is 1.62. The number of aromatic nitrogens is 1. The second-order valence-corrected chi connectivity index (χ2v) is 3.04. The van der Waals surface area contributed by atoms with Gasteiger partial charge in [0, 0.05) is 24.9 Å². The lowest BCUT2D eigenvalue weighted by atomic mass is 10.3. The van der Waals surface area contributed by atoms with Crippen molar-refractivity contribution in [1.29, 1.82) is 0 Å². The molecule has 0 amide bonds. The second kappa shape index (κ2) is 4.11. The van der Waals surface area contributed by atoms with E-state index in [1.54, 1.807) is 0 Å². The van der Waals surface area contributed by atoms with Gasteiger partial charge in [-0.25, -0.2) is 4.98 Å². The summed E-state index contributed by atoms with van der Waals surface area (Å²) in [6, 6.07) is 5.75. The van der Waals surface area contributed by atoms with Crippen molar-refractivity contribution in [3.05, 3.63) is 24.6 Å². The molecule has 2 rings (SSSR count). The Morgan fingerprint density at radius 1 is 1.43 bits per heavy atom. The van der Waals surface area contributed by atoms with Crippen molar-refractivity contribution in [2.24, 2.45) is 0 Å². The molecule has 2 N–H and O–H groups in total. The van der Waals surface area contributed by atoms with Crippen molar-refractivity contribution in [2.75, 3.05) is 18.5 Å². The Labute approximate surface area is 81.6 Å². The average Bonchev–Trinajstić information content (AvgIpc) is 2.65. The summed E-state index contributed by atoms with van der Waals surface area (Å²) >= 11 is 0. The topological polar surface area (TPSA) is 58.3 Å². The number of fused-ring (bicyclic) bond motifs is 1. The molecule has 0 aliphatic heterocycles. The molecule has 4 nitrogen and oxygen atoms in total. The smallest absolute Gasteiger partial charge is 0.181 e. The highest BCUT2D eigenvalue weighted by Gasteiger charge is 1.98. The lowest BCUT2D eigenvalue weighted by molar-refractivity contribution is 0.292. The van der Waals surface area contributed by atoms with Crippen LogP contribution in [0, 0.1) is 0 Å². The molecule has 0 aliphatic carbocycles. The number of hydrogen-bond acceptors (Lipinski definition) is 4. The highest BCUT2D eigenvalue weighted by atomic mass is 16.3. The molecule has 0 atom stereocenters. The highest BCUT2D eigenvalue weighted by Crippen LogP contribution is 2.17. The lowest BCUT2D eigenvalue weighted by Gasteiger charge is -2.03. The van der Waals surface area contributed by atoms with Crippen LogP contribution >= 0.6 is 0 Å². The summed E-state index contributed by atoms with van der Waals surface area (Å²) in [6.07, 6.45) is 2.18. The maximum atomic E-state index is 8.61. The summed E-state index contributed by atoms with van der Waals surface area (Å²) in [5, 5.41) is 11.8. The monoisotopic (exact) mass is 192 g/mol. The van der Waals surface area contributed by atoms with E-state index in [9.17, 15) is 0 Å². The van der Waals surface area contributed by atoms with Gasteiger partial charge in [-0.3, -0.25) is 0 Å². The molecule has 74 valence electrons. The normalized spacial score (nSPS) is 10.6. The van der Waals surface area contributed by atoms with Crippen molar-refractivity contribution >= 4 is 16.8 Å². The molecule has 0 saturated heterocycles. The number of rotatable bonds is 4. The minimum atomic E-state index is 0.206. The van der Waals surface area contributed by atoms with Crippen LogP contribution in [-0.4, -0.2) is 23.2 Å². The second-order valence-electron chi connectivity index (χ2n) is 3.04. The summed E-state index contributed by atoms with van der Waals surface area (Å²) in [4.78, 5) is 4.02. The number of hydrogen-bond donors (Lipinski definition) is 2. The lowest BCUT2D eigenvalue weighted by Crippen LogP contribution is -2.02. The van der Waals surface area contributed by atoms with E-state index in [4.69, 9.17) is 9.52 Å². The molecule has 0 fully saturated rings. The Morgan fingerprint density at radius 2 is 2.36 bits per heavy atom. The van der Waals surface area contributed by atoms with Crippen LogP contribution < -0.4 is 5.32 Å². The number of nitrogens with one attached hydrogen (secondary N) is 1. The first-order valence-corrected chi connectivity index (χ1v) is 4.58. The van der Waals surface area contributed by atoms with Crippen LogP contribution in [0.1, 0.15) is 6.42 Å². The van der Waals surface area contributed by atoms with Gasteiger partial charge in [-0.15, -0.1) is 0 Å². The molecule has 1 aromatic heterocycles. The van der Waals surface area contributed by atoms with E-state index in [-0.39, 0.29) is 6.61 Å². The molecule has 0 spiro atoms. The van der Waals surface area contributed by atoms with E-state index in [0.29, 0.717) is 0 Å². The van der Waals surface area contributed by atoms with Crippen molar-refractivity contribution in [3.63, 3.8) is 0 Å². The zero-order valence-electron chi connectivity index (χ0n) is 7.73. The van der Waals surface area contributed by atoms with E-state index >= 15 is 0 Å². The van der Waals surface area contributed by atoms with Gasteiger partial charge in [0.25, 0.3) is 0 Å². The third-order valence-corrected chi connectivity index (χ3v) is 2.00. The fraction of sp³-hybridized carbons (Fsp3) is 0.300. The number of oxazole rings is 1. The van der Waals surface area contributed by atoms with Crippen LogP contribution in [0.25, 0.3) is 11.1 Å². The summed E-state index contributed by atoms with van der Waals surface area (Å²) in [6.45, 7) is 0.966. The molecule has 14 heavy (non-hydrogen) atoms. The van der Waals surface area contributed by atoms with Gasteiger partial charge in [-0.2, -0.15) is 0 Å². The van der Waals surface area contributed by atoms with Crippen LogP contribution in [0.3, 0.4) is 0 Å². The van der Waals surface area contributed by atoms with E-state index in [0.717, 1.165) is 29.8 Å². The zero-order chi connectivity index (χ0) is 9.80. The highest BCUT2D eigenvalue weighted by molar-refractivity contribution is 5.76. The summed E-state index contributed by atoms with van der Waals surface area (Å²) in [5.74, 6) is 0. The van der Waals surface area contributed by atoms with Crippen molar-refractivity contribution in [3.8, 4) is 0 Å². The summed E-state index contributed by atoms with van der Waals surface area (Å²) in [5.41, 5.74) is 2.62. The molecule has 0 unspecified atom stereocenters. The largest absolute Gasteiger partial charge is 0.443 e. The van der Waals surface area contributed by atoms with Crippen LogP contribution in [0.15, 0.2) is 29.0 Å². The molecular formula is C10H12N2O2. The van der Waals surface area contributed by atoms with Crippen LogP contribution in [0.4, 0.5) is 5.69 Å². The Hall–Kier alpha value is -1.55. The predicted molar refractivity (Wildman–Crippen MR) is 54.2 cm³/mol. The van der Waals surface area contributed by atoms with E-state index in [1.165, 1.54) is 6.39 Å². The zero-order valence-corrected chi connectivity index (χ0v) is 7.73.